The zero-order valence-electron chi connectivity index (χ0n) is 9.19. The Labute approximate surface area is 90.4 Å². The fourth-order valence-electron chi connectivity index (χ4n) is 1.18. The third-order valence-corrected chi connectivity index (χ3v) is 1.94. The lowest BCUT2D eigenvalue weighted by molar-refractivity contribution is 0.572. The minimum absolute atomic E-state index is 0.539. The molecule has 0 aliphatic heterocycles. The molecule has 0 bridgehead atoms. The number of aryl methyl sites for hydroxylation is 1. The highest BCUT2D eigenvalue weighted by Gasteiger charge is 1.92. The number of guanidine groups is 1. The SMILES string of the molecule is CCCN=C(N)NCCCn1cccn1. The van der Waals surface area contributed by atoms with Crippen molar-refractivity contribution in [3.63, 3.8) is 0 Å². The zero-order valence-corrected chi connectivity index (χ0v) is 9.19. The molecule has 1 aromatic rings. The van der Waals surface area contributed by atoms with E-state index in [0.29, 0.717) is 5.96 Å². The van der Waals surface area contributed by atoms with Crippen LogP contribution in [0, 0.1) is 0 Å². The number of nitrogens with zero attached hydrogens (tertiary/aromatic N) is 3. The van der Waals surface area contributed by atoms with Crippen molar-refractivity contribution in [2.45, 2.75) is 26.3 Å². The number of rotatable bonds is 6. The van der Waals surface area contributed by atoms with Crippen LogP contribution in [-0.4, -0.2) is 28.8 Å². The third-order valence-electron chi connectivity index (χ3n) is 1.94. The van der Waals surface area contributed by atoms with E-state index in [1.54, 1.807) is 6.20 Å². The number of nitrogens with one attached hydrogen (secondary N) is 1. The van der Waals surface area contributed by atoms with E-state index < -0.39 is 0 Å². The molecule has 1 aromatic heterocycles. The summed E-state index contributed by atoms with van der Waals surface area (Å²) in [5, 5.41) is 7.18. The molecule has 15 heavy (non-hydrogen) atoms. The summed E-state index contributed by atoms with van der Waals surface area (Å²) >= 11 is 0. The first kappa shape index (κ1) is 11.6. The Balaban J connectivity index is 2.06. The van der Waals surface area contributed by atoms with Crippen LogP contribution < -0.4 is 11.1 Å². The van der Waals surface area contributed by atoms with Gasteiger partial charge in [-0.3, -0.25) is 9.67 Å². The van der Waals surface area contributed by atoms with Gasteiger partial charge >= 0.3 is 0 Å². The number of hydrogen-bond acceptors (Lipinski definition) is 2. The number of hydrogen-bond donors (Lipinski definition) is 2. The fraction of sp³-hybridized carbons (Fsp3) is 0.600. The summed E-state index contributed by atoms with van der Waals surface area (Å²) in [7, 11) is 0. The Morgan fingerprint density at radius 3 is 3.13 bits per heavy atom. The molecule has 0 radical (unpaired) electrons. The first-order chi connectivity index (χ1) is 7.33. The summed E-state index contributed by atoms with van der Waals surface area (Å²) in [5.74, 6) is 0.539. The quantitative estimate of drug-likeness (QED) is 0.409. The van der Waals surface area contributed by atoms with E-state index in [-0.39, 0.29) is 0 Å². The molecule has 0 atom stereocenters. The van der Waals surface area contributed by atoms with Gasteiger partial charge in [0.25, 0.3) is 0 Å². The predicted molar refractivity (Wildman–Crippen MR) is 61.6 cm³/mol. The Morgan fingerprint density at radius 1 is 1.60 bits per heavy atom. The molecule has 3 N–H and O–H groups in total. The normalized spacial score (nSPS) is 11.7. The summed E-state index contributed by atoms with van der Waals surface area (Å²) in [6.07, 6.45) is 5.75. The summed E-state index contributed by atoms with van der Waals surface area (Å²) in [5.41, 5.74) is 5.64. The third kappa shape index (κ3) is 5.05. The summed E-state index contributed by atoms with van der Waals surface area (Å²) in [6.45, 7) is 4.60. The van der Waals surface area contributed by atoms with Crippen LogP contribution in [0.15, 0.2) is 23.5 Å². The van der Waals surface area contributed by atoms with E-state index in [9.17, 15) is 0 Å². The van der Waals surface area contributed by atoms with Crippen molar-refractivity contribution in [2.24, 2.45) is 10.7 Å². The smallest absolute Gasteiger partial charge is 0.188 e. The molecular weight excluding hydrogens is 190 g/mol. The highest BCUT2D eigenvalue weighted by atomic mass is 15.3. The molecule has 5 heteroatoms. The van der Waals surface area contributed by atoms with E-state index in [1.165, 1.54) is 0 Å². The standard InChI is InChI=1S/C10H19N5/c1-2-5-12-10(11)13-6-3-8-15-9-4-7-14-15/h4,7,9H,2-3,5-6,8H2,1H3,(H3,11,12,13). The van der Waals surface area contributed by atoms with Crippen LogP contribution in [0.1, 0.15) is 19.8 Å². The Kier molecular flexibility index (Phi) is 5.29. The lowest BCUT2D eigenvalue weighted by Gasteiger charge is -2.05. The maximum atomic E-state index is 5.64. The van der Waals surface area contributed by atoms with Crippen LogP contribution in [0.3, 0.4) is 0 Å². The molecule has 0 unspecified atom stereocenters. The highest BCUT2D eigenvalue weighted by molar-refractivity contribution is 5.77. The molecule has 0 saturated heterocycles. The molecule has 0 saturated carbocycles. The molecule has 0 aromatic carbocycles. The summed E-state index contributed by atoms with van der Waals surface area (Å²) < 4.78 is 1.90. The highest BCUT2D eigenvalue weighted by Crippen LogP contribution is 1.87. The average Bonchev–Trinajstić information content (AvgIpc) is 2.74. The molecule has 0 amide bonds. The zero-order chi connectivity index (χ0) is 10.9. The average molecular weight is 209 g/mol. The van der Waals surface area contributed by atoms with Gasteiger partial charge in [0.2, 0.25) is 0 Å². The molecule has 0 aliphatic rings. The van der Waals surface area contributed by atoms with Gasteiger partial charge in [0, 0.05) is 32.0 Å². The Bertz CT molecular complexity index is 278. The van der Waals surface area contributed by atoms with Gasteiger partial charge in [0.1, 0.15) is 0 Å². The van der Waals surface area contributed by atoms with Crippen molar-refractivity contribution >= 4 is 5.96 Å². The van der Waals surface area contributed by atoms with Crippen molar-refractivity contribution in [1.82, 2.24) is 15.1 Å². The van der Waals surface area contributed by atoms with Gasteiger partial charge in [-0.15, -0.1) is 0 Å². The second-order valence-corrected chi connectivity index (χ2v) is 3.32. The van der Waals surface area contributed by atoms with Gasteiger partial charge in [0.05, 0.1) is 0 Å². The lowest BCUT2D eigenvalue weighted by Crippen LogP contribution is -2.33. The second-order valence-electron chi connectivity index (χ2n) is 3.32. The number of aliphatic imine (C=N–C) groups is 1. The minimum Gasteiger partial charge on any atom is -0.370 e. The topological polar surface area (TPSA) is 68.2 Å². The molecule has 0 spiro atoms. The summed E-state index contributed by atoms with van der Waals surface area (Å²) in [6, 6.07) is 1.92. The van der Waals surface area contributed by atoms with Crippen LogP contribution >= 0.6 is 0 Å². The lowest BCUT2D eigenvalue weighted by atomic mass is 10.4. The van der Waals surface area contributed by atoms with E-state index >= 15 is 0 Å². The molecule has 1 rings (SSSR count). The largest absolute Gasteiger partial charge is 0.370 e. The molecule has 5 nitrogen and oxygen atoms in total. The van der Waals surface area contributed by atoms with Crippen LogP contribution in [0.2, 0.25) is 0 Å². The van der Waals surface area contributed by atoms with E-state index in [2.05, 4.69) is 22.3 Å². The maximum Gasteiger partial charge on any atom is 0.188 e. The van der Waals surface area contributed by atoms with Crippen molar-refractivity contribution in [1.29, 1.82) is 0 Å². The molecule has 0 fully saturated rings. The van der Waals surface area contributed by atoms with Gasteiger partial charge in [0.15, 0.2) is 5.96 Å². The van der Waals surface area contributed by atoms with Gasteiger partial charge in [-0.25, -0.2) is 0 Å². The first-order valence-electron chi connectivity index (χ1n) is 5.34. The Morgan fingerprint density at radius 2 is 2.47 bits per heavy atom. The Hall–Kier alpha value is -1.52. The van der Waals surface area contributed by atoms with Crippen LogP contribution in [0.5, 0.6) is 0 Å². The van der Waals surface area contributed by atoms with E-state index in [4.69, 9.17) is 5.73 Å². The summed E-state index contributed by atoms with van der Waals surface area (Å²) in [4.78, 5) is 4.14. The minimum atomic E-state index is 0.539. The van der Waals surface area contributed by atoms with Gasteiger partial charge in [-0.1, -0.05) is 6.92 Å². The van der Waals surface area contributed by atoms with E-state index in [1.807, 2.05) is 16.9 Å². The number of nitrogens with two attached hydrogens (primary N) is 1. The van der Waals surface area contributed by atoms with Crippen molar-refractivity contribution in [3.8, 4) is 0 Å². The fourth-order valence-corrected chi connectivity index (χ4v) is 1.18. The predicted octanol–water partition coefficient (Wildman–Crippen LogP) is 0.587. The van der Waals surface area contributed by atoms with Crippen LogP contribution in [0.25, 0.3) is 0 Å². The van der Waals surface area contributed by atoms with Crippen LogP contribution in [-0.2, 0) is 6.54 Å². The molecule has 84 valence electrons. The molecule has 0 aliphatic carbocycles. The van der Waals surface area contributed by atoms with Crippen molar-refractivity contribution in [3.05, 3.63) is 18.5 Å². The number of aromatic nitrogens is 2. The van der Waals surface area contributed by atoms with Crippen LogP contribution in [0.4, 0.5) is 0 Å². The van der Waals surface area contributed by atoms with Gasteiger partial charge in [-0.05, 0) is 18.9 Å². The van der Waals surface area contributed by atoms with Crippen molar-refractivity contribution in [2.75, 3.05) is 13.1 Å². The maximum absolute atomic E-state index is 5.64. The first-order valence-corrected chi connectivity index (χ1v) is 5.34. The monoisotopic (exact) mass is 209 g/mol. The van der Waals surface area contributed by atoms with Gasteiger partial charge in [-0.2, -0.15) is 5.10 Å². The van der Waals surface area contributed by atoms with E-state index in [0.717, 1.165) is 32.5 Å². The molecule has 1 heterocycles. The van der Waals surface area contributed by atoms with Crippen molar-refractivity contribution < 1.29 is 0 Å². The molecular formula is C10H19N5. The second kappa shape index (κ2) is 6.86. The van der Waals surface area contributed by atoms with Gasteiger partial charge < -0.3 is 11.1 Å².